The lowest BCUT2D eigenvalue weighted by molar-refractivity contribution is -0.137. The Labute approximate surface area is 177 Å². The number of aromatic nitrogens is 1. The van der Waals surface area contributed by atoms with E-state index in [2.05, 4.69) is 22.9 Å². The molecule has 9 heteroatoms. The quantitative estimate of drug-likeness (QED) is 0.552. The van der Waals surface area contributed by atoms with Gasteiger partial charge in [-0.05, 0) is 38.3 Å². The van der Waals surface area contributed by atoms with E-state index >= 15 is 0 Å². The van der Waals surface area contributed by atoms with Crippen molar-refractivity contribution in [2.24, 2.45) is 5.92 Å². The number of thiazole rings is 1. The van der Waals surface area contributed by atoms with Gasteiger partial charge in [0.1, 0.15) is 0 Å². The fraction of sp³-hybridized carbons (Fsp3) is 0.500. The van der Waals surface area contributed by atoms with Crippen LogP contribution in [0.3, 0.4) is 0 Å². The number of nitrogens with one attached hydrogen (secondary N) is 1. The van der Waals surface area contributed by atoms with Crippen LogP contribution in [0.4, 0.5) is 13.2 Å². The molecule has 2 aromatic rings. The lowest BCUT2D eigenvalue weighted by Crippen LogP contribution is -2.38. The Kier molecular flexibility index (Phi) is 6.31. The van der Waals surface area contributed by atoms with Crippen LogP contribution in [0.1, 0.15) is 54.2 Å². The zero-order valence-electron chi connectivity index (χ0n) is 16.1. The van der Waals surface area contributed by atoms with Gasteiger partial charge >= 0.3 is 6.18 Å². The standard InChI is InChI=1S/C20H23F3N2O2S2/c1-19(2,27)10-24-17(26)18-25-15(8-11-4-3-5-11)16(29-18)13-7-6-12(28)9-14(13)20(21,22)23/h6-7,9,11,27-28H,3-5,8,10H2,1-2H3,(H,24,26). The summed E-state index contributed by atoms with van der Waals surface area (Å²) in [6.07, 6.45) is -0.872. The first-order valence-corrected chi connectivity index (χ1v) is 10.6. The minimum atomic E-state index is -4.55. The van der Waals surface area contributed by atoms with E-state index in [0.717, 1.165) is 36.7 Å². The number of amides is 1. The van der Waals surface area contributed by atoms with Crippen LogP contribution < -0.4 is 5.32 Å². The third-order valence-electron chi connectivity index (χ3n) is 4.83. The van der Waals surface area contributed by atoms with Gasteiger partial charge in [0.05, 0.1) is 21.7 Å². The van der Waals surface area contributed by atoms with Crippen LogP contribution in [0.2, 0.25) is 0 Å². The number of carbonyl (C=O) groups is 1. The van der Waals surface area contributed by atoms with Crippen LogP contribution in [0.15, 0.2) is 23.1 Å². The summed E-state index contributed by atoms with van der Waals surface area (Å²) < 4.78 is 40.9. The number of carbonyl (C=O) groups excluding carboxylic acids is 1. The van der Waals surface area contributed by atoms with Gasteiger partial charge in [-0.3, -0.25) is 4.79 Å². The van der Waals surface area contributed by atoms with Crippen LogP contribution in [-0.4, -0.2) is 28.1 Å². The fourth-order valence-electron chi connectivity index (χ4n) is 3.10. The minimum Gasteiger partial charge on any atom is -0.389 e. The summed E-state index contributed by atoms with van der Waals surface area (Å²) in [7, 11) is 0. The third-order valence-corrected chi connectivity index (χ3v) is 6.24. The van der Waals surface area contributed by atoms with Crippen molar-refractivity contribution in [1.29, 1.82) is 0 Å². The topological polar surface area (TPSA) is 62.2 Å². The first-order chi connectivity index (χ1) is 13.4. The first-order valence-electron chi connectivity index (χ1n) is 9.35. The molecular formula is C20H23F3N2O2S2. The maximum absolute atomic E-state index is 13.6. The molecule has 0 spiro atoms. The Morgan fingerprint density at radius 1 is 1.34 bits per heavy atom. The molecule has 0 radical (unpaired) electrons. The van der Waals surface area contributed by atoms with Gasteiger partial charge < -0.3 is 10.4 Å². The van der Waals surface area contributed by atoms with Gasteiger partial charge in [-0.1, -0.05) is 25.3 Å². The Bertz CT molecular complexity index is 900. The fourth-order valence-corrected chi connectivity index (χ4v) is 4.36. The average Bonchev–Trinajstić information content (AvgIpc) is 2.98. The van der Waals surface area contributed by atoms with E-state index in [1.54, 1.807) is 13.8 Å². The molecule has 1 aromatic carbocycles. The summed E-state index contributed by atoms with van der Waals surface area (Å²) in [5.41, 5.74) is -1.35. The Hall–Kier alpha value is -1.58. The van der Waals surface area contributed by atoms with Crippen LogP contribution in [-0.2, 0) is 12.6 Å². The number of halogens is 3. The lowest BCUT2D eigenvalue weighted by atomic mass is 9.81. The maximum Gasteiger partial charge on any atom is 0.417 e. The van der Waals surface area contributed by atoms with Crippen molar-refractivity contribution < 1.29 is 23.1 Å². The molecule has 4 nitrogen and oxygen atoms in total. The predicted molar refractivity (Wildman–Crippen MR) is 109 cm³/mol. The van der Waals surface area contributed by atoms with Gasteiger partial charge in [0.15, 0.2) is 5.01 Å². The maximum atomic E-state index is 13.6. The number of nitrogens with zero attached hydrogens (tertiary/aromatic N) is 1. The molecule has 0 unspecified atom stereocenters. The zero-order valence-corrected chi connectivity index (χ0v) is 17.8. The molecule has 158 valence electrons. The Balaban J connectivity index is 2.01. The van der Waals surface area contributed by atoms with Crippen LogP contribution in [0.25, 0.3) is 10.4 Å². The normalized spacial score (nSPS) is 15.3. The summed E-state index contributed by atoms with van der Waals surface area (Å²) in [5, 5.41) is 12.5. The second-order valence-electron chi connectivity index (χ2n) is 8.02. The van der Waals surface area contributed by atoms with E-state index in [1.807, 2.05) is 0 Å². The van der Waals surface area contributed by atoms with Gasteiger partial charge in [0.2, 0.25) is 0 Å². The molecule has 29 heavy (non-hydrogen) atoms. The van der Waals surface area contributed by atoms with Crippen molar-refractivity contribution in [3.8, 4) is 10.4 Å². The highest BCUT2D eigenvalue weighted by atomic mass is 32.1. The molecule has 0 saturated heterocycles. The molecule has 0 atom stereocenters. The minimum absolute atomic E-state index is 0.0147. The first kappa shape index (κ1) is 22.1. The van der Waals surface area contributed by atoms with E-state index in [0.29, 0.717) is 22.9 Å². The highest BCUT2D eigenvalue weighted by Gasteiger charge is 2.36. The molecule has 0 aliphatic heterocycles. The summed E-state index contributed by atoms with van der Waals surface area (Å²) in [4.78, 5) is 17.5. The Morgan fingerprint density at radius 3 is 2.59 bits per heavy atom. The summed E-state index contributed by atoms with van der Waals surface area (Å²) in [6, 6.07) is 3.90. The Morgan fingerprint density at radius 2 is 2.03 bits per heavy atom. The summed E-state index contributed by atoms with van der Waals surface area (Å²) >= 11 is 5.00. The van der Waals surface area contributed by atoms with Gasteiger partial charge in [-0.15, -0.1) is 24.0 Å². The highest BCUT2D eigenvalue weighted by Crippen LogP contribution is 2.43. The van der Waals surface area contributed by atoms with Crippen molar-refractivity contribution in [2.75, 3.05) is 6.54 Å². The SMILES string of the molecule is CC(C)(O)CNC(=O)c1nc(CC2CCC2)c(-c2ccc(S)cc2C(F)(F)F)s1. The number of aliphatic hydroxyl groups is 1. The summed E-state index contributed by atoms with van der Waals surface area (Å²) in [6.45, 7) is 3.12. The molecule has 1 aromatic heterocycles. The van der Waals surface area contributed by atoms with E-state index in [4.69, 9.17) is 0 Å². The van der Waals surface area contributed by atoms with Crippen molar-refractivity contribution in [2.45, 2.75) is 56.2 Å². The van der Waals surface area contributed by atoms with E-state index in [9.17, 15) is 23.1 Å². The van der Waals surface area contributed by atoms with Gasteiger partial charge in [0, 0.05) is 17.0 Å². The molecule has 2 N–H and O–H groups in total. The van der Waals surface area contributed by atoms with E-state index in [-0.39, 0.29) is 22.0 Å². The molecule has 0 bridgehead atoms. The monoisotopic (exact) mass is 444 g/mol. The second-order valence-corrected chi connectivity index (χ2v) is 9.53. The van der Waals surface area contributed by atoms with Crippen molar-refractivity contribution >= 4 is 29.9 Å². The molecule has 1 fully saturated rings. The molecule has 1 saturated carbocycles. The molecular weight excluding hydrogens is 421 g/mol. The third kappa shape index (κ3) is 5.52. The van der Waals surface area contributed by atoms with E-state index < -0.39 is 23.2 Å². The molecule has 3 rings (SSSR count). The summed E-state index contributed by atoms with van der Waals surface area (Å²) in [5.74, 6) is -0.126. The number of thiol groups is 1. The number of hydrogen-bond acceptors (Lipinski definition) is 5. The number of rotatable bonds is 6. The predicted octanol–water partition coefficient (Wildman–Crippen LogP) is 4.96. The molecule has 1 amide bonds. The average molecular weight is 445 g/mol. The van der Waals surface area contributed by atoms with Crippen molar-refractivity contribution in [3.05, 3.63) is 34.5 Å². The van der Waals surface area contributed by atoms with E-state index in [1.165, 1.54) is 12.1 Å². The zero-order chi connectivity index (χ0) is 21.4. The smallest absolute Gasteiger partial charge is 0.389 e. The highest BCUT2D eigenvalue weighted by molar-refractivity contribution is 7.80. The van der Waals surface area contributed by atoms with Crippen molar-refractivity contribution in [3.63, 3.8) is 0 Å². The second kappa shape index (κ2) is 8.28. The van der Waals surface area contributed by atoms with Gasteiger partial charge in [-0.2, -0.15) is 13.2 Å². The molecule has 1 aliphatic rings. The number of hydrogen-bond donors (Lipinski definition) is 3. The van der Waals surface area contributed by atoms with Gasteiger partial charge in [-0.25, -0.2) is 4.98 Å². The van der Waals surface area contributed by atoms with Crippen LogP contribution >= 0.6 is 24.0 Å². The number of benzene rings is 1. The molecule has 1 heterocycles. The lowest BCUT2D eigenvalue weighted by Gasteiger charge is -2.25. The largest absolute Gasteiger partial charge is 0.417 e. The van der Waals surface area contributed by atoms with Gasteiger partial charge in [0.25, 0.3) is 5.91 Å². The molecule has 1 aliphatic carbocycles. The number of alkyl halides is 3. The van der Waals surface area contributed by atoms with Crippen molar-refractivity contribution in [1.82, 2.24) is 10.3 Å². The van der Waals surface area contributed by atoms with Crippen LogP contribution in [0.5, 0.6) is 0 Å². The van der Waals surface area contributed by atoms with Crippen LogP contribution in [0, 0.1) is 5.92 Å².